The maximum atomic E-state index is 5.51. The van der Waals surface area contributed by atoms with Crippen LogP contribution in [-0.2, 0) is 6.54 Å². The summed E-state index contributed by atoms with van der Waals surface area (Å²) in [5.74, 6) is 0.683. The van der Waals surface area contributed by atoms with Gasteiger partial charge in [-0.2, -0.15) is 0 Å². The van der Waals surface area contributed by atoms with Crippen LogP contribution in [0.3, 0.4) is 0 Å². The highest BCUT2D eigenvalue weighted by Crippen LogP contribution is 2.18. The van der Waals surface area contributed by atoms with E-state index in [0.717, 1.165) is 16.8 Å². The molecule has 0 radical (unpaired) electrons. The molecular formula is C11H12N2O. The van der Waals surface area contributed by atoms with E-state index in [9.17, 15) is 0 Å². The standard InChI is InChI=1S/C11H12N2O/c1-8-13-11(7-14-8)10-4-2-9(6-12)3-5-10/h2-5,7H,6,12H2,1H3. The van der Waals surface area contributed by atoms with Gasteiger partial charge in [0.2, 0.25) is 0 Å². The summed E-state index contributed by atoms with van der Waals surface area (Å²) in [7, 11) is 0. The molecule has 0 saturated carbocycles. The van der Waals surface area contributed by atoms with Crippen LogP contribution in [0.2, 0.25) is 0 Å². The van der Waals surface area contributed by atoms with Gasteiger partial charge in [0.15, 0.2) is 5.89 Å². The monoisotopic (exact) mass is 188 g/mol. The van der Waals surface area contributed by atoms with E-state index in [4.69, 9.17) is 10.2 Å². The van der Waals surface area contributed by atoms with Crippen molar-refractivity contribution >= 4 is 0 Å². The van der Waals surface area contributed by atoms with Crippen LogP contribution in [0.25, 0.3) is 11.3 Å². The lowest BCUT2D eigenvalue weighted by Crippen LogP contribution is -1.95. The maximum Gasteiger partial charge on any atom is 0.191 e. The molecule has 3 nitrogen and oxygen atoms in total. The van der Waals surface area contributed by atoms with Gasteiger partial charge in [0, 0.05) is 19.0 Å². The summed E-state index contributed by atoms with van der Waals surface area (Å²) in [5, 5.41) is 0. The molecule has 14 heavy (non-hydrogen) atoms. The fraction of sp³-hybridized carbons (Fsp3) is 0.182. The molecule has 72 valence electrons. The number of aromatic nitrogens is 1. The SMILES string of the molecule is Cc1nc(-c2ccc(CN)cc2)co1. The number of rotatable bonds is 2. The summed E-state index contributed by atoms with van der Waals surface area (Å²) in [6.45, 7) is 2.40. The smallest absolute Gasteiger partial charge is 0.191 e. The van der Waals surface area contributed by atoms with E-state index in [2.05, 4.69) is 4.98 Å². The molecule has 0 amide bonds. The number of nitrogens with two attached hydrogens (primary N) is 1. The summed E-state index contributed by atoms with van der Waals surface area (Å²) in [5.41, 5.74) is 8.55. The molecule has 0 aliphatic heterocycles. The first-order valence-corrected chi connectivity index (χ1v) is 4.51. The molecule has 1 aromatic heterocycles. The quantitative estimate of drug-likeness (QED) is 0.785. The first-order chi connectivity index (χ1) is 6.79. The van der Waals surface area contributed by atoms with E-state index in [0.29, 0.717) is 12.4 Å². The second-order valence-electron chi connectivity index (χ2n) is 3.15. The van der Waals surface area contributed by atoms with Crippen molar-refractivity contribution in [1.29, 1.82) is 0 Å². The Hall–Kier alpha value is -1.61. The number of nitrogens with zero attached hydrogens (tertiary/aromatic N) is 1. The van der Waals surface area contributed by atoms with E-state index in [1.54, 1.807) is 6.26 Å². The van der Waals surface area contributed by atoms with Crippen LogP contribution in [0.4, 0.5) is 0 Å². The van der Waals surface area contributed by atoms with Gasteiger partial charge in [-0.3, -0.25) is 0 Å². The largest absolute Gasteiger partial charge is 0.449 e. The van der Waals surface area contributed by atoms with Gasteiger partial charge in [-0.1, -0.05) is 24.3 Å². The van der Waals surface area contributed by atoms with Gasteiger partial charge in [0.05, 0.1) is 0 Å². The lowest BCUT2D eigenvalue weighted by atomic mass is 10.1. The Morgan fingerprint density at radius 1 is 1.29 bits per heavy atom. The number of aryl methyl sites for hydroxylation is 1. The highest BCUT2D eigenvalue weighted by atomic mass is 16.3. The first kappa shape index (κ1) is 8.97. The number of hydrogen-bond donors (Lipinski definition) is 1. The molecule has 2 N–H and O–H groups in total. The van der Waals surface area contributed by atoms with Gasteiger partial charge in [-0.15, -0.1) is 0 Å². The second-order valence-corrected chi connectivity index (χ2v) is 3.15. The van der Waals surface area contributed by atoms with Gasteiger partial charge >= 0.3 is 0 Å². The van der Waals surface area contributed by atoms with Crippen LogP contribution in [0, 0.1) is 6.92 Å². The van der Waals surface area contributed by atoms with Crippen molar-refractivity contribution < 1.29 is 4.42 Å². The molecule has 2 rings (SSSR count). The van der Waals surface area contributed by atoms with Crippen molar-refractivity contribution in [3.05, 3.63) is 42.0 Å². The highest BCUT2D eigenvalue weighted by Gasteiger charge is 2.02. The van der Waals surface area contributed by atoms with Gasteiger partial charge < -0.3 is 10.2 Å². The minimum atomic E-state index is 0.568. The lowest BCUT2D eigenvalue weighted by Gasteiger charge is -1.98. The third kappa shape index (κ3) is 1.67. The van der Waals surface area contributed by atoms with Crippen LogP contribution in [0.5, 0.6) is 0 Å². The Bertz CT molecular complexity index is 417. The van der Waals surface area contributed by atoms with Crippen LogP contribution in [0.1, 0.15) is 11.5 Å². The minimum Gasteiger partial charge on any atom is -0.449 e. The average molecular weight is 188 g/mol. The third-order valence-corrected chi connectivity index (χ3v) is 2.10. The van der Waals surface area contributed by atoms with Crippen LogP contribution < -0.4 is 5.73 Å². The Morgan fingerprint density at radius 2 is 2.00 bits per heavy atom. The van der Waals surface area contributed by atoms with Gasteiger partial charge in [0.25, 0.3) is 0 Å². The highest BCUT2D eigenvalue weighted by molar-refractivity contribution is 5.58. The van der Waals surface area contributed by atoms with E-state index >= 15 is 0 Å². The topological polar surface area (TPSA) is 52.0 Å². The zero-order valence-corrected chi connectivity index (χ0v) is 8.03. The van der Waals surface area contributed by atoms with E-state index < -0.39 is 0 Å². The summed E-state index contributed by atoms with van der Waals surface area (Å²) in [4.78, 5) is 4.24. The van der Waals surface area contributed by atoms with Gasteiger partial charge in [-0.25, -0.2) is 4.98 Å². The maximum absolute atomic E-state index is 5.51. The molecule has 0 spiro atoms. The van der Waals surface area contributed by atoms with Gasteiger partial charge in [0.1, 0.15) is 12.0 Å². The Kier molecular flexibility index (Phi) is 2.33. The molecule has 2 aromatic rings. The molecule has 0 atom stereocenters. The van der Waals surface area contributed by atoms with Crippen LogP contribution in [-0.4, -0.2) is 4.98 Å². The van der Waals surface area contributed by atoms with E-state index in [1.165, 1.54) is 0 Å². The molecule has 0 bridgehead atoms. The summed E-state index contributed by atoms with van der Waals surface area (Å²) >= 11 is 0. The predicted molar refractivity (Wildman–Crippen MR) is 54.6 cm³/mol. The summed E-state index contributed by atoms with van der Waals surface area (Å²) in [6.07, 6.45) is 1.66. The summed E-state index contributed by atoms with van der Waals surface area (Å²) < 4.78 is 5.14. The predicted octanol–water partition coefficient (Wildman–Crippen LogP) is 2.11. The minimum absolute atomic E-state index is 0.568. The fourth-order valence-electron chi connectivity index (χ4n) is 1.31. The molecule has 1 heterocycles. The Morgan fingerprint density at radius 3 is 2.50 bits per heavy atom. The van der Waals surface area contributed by atoms with Crippen LogP contribution >= 0.6 is 0 Å². The Labute approximate surface area is 82.6 Å². The molecule has 0 fully saturated rings. The molecule has 0 unspecified atom stereocenters. The number of benzene rings is 1. The van der Waals surface area contributed by atoms with Gasteiger partial charge in [-0.05, 0) is 5.56 Å². The van der Waals surface area contributed by atoms with E-state index in [1.807, 2.05) is 31.2 Å². The number of hydrogen-bond acceptors (Lipinski definition) is 3. The van der Waals surface area contributed by atoms with Crippen molar-refractivity contribution in [2.45, 2.75) is 13.5 Å². The Balaban J connectivity index is 2.33. The fourth-order valence-corrected chi connectivity index (χ4v) is 1.31. The molecular weight excluding hydrogens is 176 g/mol. The van der Waals surface area contributed by atoms with Crippen LogP contribution in [0.15, 0.2) is 34.9 Å². The zero-order valence-electron chi connectivity index (χ0n) is 8.03. The first-order valence-electron chi connectivity index (χ1n) is 4.51. The third-order valence-electron chi connectivity index (χ3n) is 2.10. The van der Waals surface area contributed by atoms with Crippen molar-refractivity contribution in [3.63, 3.8) is 0 Å². The average Bonchev–Trinajstić information content (AvgIpc) is 2.65. The normalized spacial score (nSPS) is 10.4. The van der Waals surface area contributed by atoms with Crippen molar-refractivity contribution in [1.82, 2.24) is 4.98 Å². The second kappa shape index (κ2) is 3.64. The van der Waals surface area contributed by atoms with Crippen molar-refractivity contribution in [2.24, 2.45) is 5.73 Å². The van der Waals surface area contributed by atoms with Crippen molar-refractivity contribution in [3.8, 4) is 11.3 Å². The molecule has 3 heteroatoms. The summed E-state index contributed by atoms with van der Waals surface area (Å²) in [6, 6.07) is 8.00. The zero-order chi connectivity index (χ0) is 9.97. The van der Waals surface area contributed by atoms with Crippen molar-refractivity contribution in [2.75, 3.05) is 0 Å². The molecule has 0 saturated heterocycles. The number of oxazole rings is 1. The van der Waals surface area contributed by atoms with E-state index in [-0.39, 0.29) is 0 Å². The molecule has 0 aliphatic rings. The molecule has 0 aliphatic carbocycles. The molecule has 1 aromatic carbocycles. The lowest BCUT2D eigenvalue weighted by molar-refractivity contribution is 0.521.